The number of pyridine rings is 1. The summed E-state index contributed by atoms with van der Waals surface area (Å²) >= 11 is 0. The van der Waals surface area contributed by atoms with Gasteiger partial charge in [0.25, 0.3) is 0 Å². The smallest absolute Gasteiger partial charge is 0.230 e. The summed E-state index contributed by atoms with van der Waals surface area (Å²) in [6, 6.07) is 6.75. The molecule has 2 aliphatic rings. The van der Waals surface area contributed by atoms with E-state index in [0.717, 1.165) is 68.2 Å². The lowest BCUT2D eigenvalue weighted by molar-refractivity contribution is 0.348. The molecular weight excluding hydrogens is 376 g/mol. The zero-order valence-electron chi connectivity index (χ0n) is 17.7. The van der Waals surface area contributed by atoms with Crippen LogP contribution in [0.15, 0.2) is 30.6 Å². The van der Waals surface area contributed by atoms with E-state index in [1.165, 1.54) is 5.69 Å². The third-order valence-corrected chi connectivity index (χ3v) is 5.92. The largest absolute Gasteiger partial charge is 0.368 e. The summed E-state index contributed by atoms with van der Waals surface area (Å²) in [5.41, 5.74) is 3.45. The summed E-state index contributed by atoms with van der Waals surface area (Å²) in [6.45, 7) is 10.5. The van der Waals surface area contributed by atoms with Crippen LogP contribution >= 0.6 is 0 Å². The Kier molecular flexibility index (Phi) is 5.26. The molecule has 8 nitrogen and oxygen atoms in total. The lowest BCUT2D eigenvalue weighted by atomic mass is 10.0. The third kappa shape index (κ3) is 3.85. The molecule has 0 aromatic carbocycles. The SMILES string of the molecule is CC(C)CC1CNCc2cc3cnc(Nc4ccc(N5CCNCC5)cn4)nc3n21. The average molecular weight is 407 g/mol. The van der Waals surface area contributed by atoms with Crippen molar-refractivity contribution in [1.82, 2.24) is 30.2 Å². The van der Waals surface area contributed by atoms with Crippen molar-refractivity contribution >= 4 is 28.5 Å². The van der Waals surface area contributed by atoms with E-state index in [0.29, 0.717) is 17.9 Å². The summed E-state index contributed by atoms with van der Waals surface area (Å²) in [5.74, 6) is 1.99. The standard InChI is InChI=1S/C22H30N8/c1-15(2)9-18-12-24-13-19-10-16-11-26-22(28-21(16)30(18)19)27-20-4-3-17(14-25-20)29-7-5-23-6-8-29/h3-4,10-11,14-15,18,23-24H,5-9,12-13H2,1-2H3,(H,25,26,27,28). The molecule has 3 aromatic rings. The molecule has 1 unspecified atom stereocenters. The van der Waals surface area contributed by atoms with Gasteiger partial charge in [-0.3, -0.25) is 0 Å². The predicted molar refractivity (Wildman–Crippen MR) is 120 cm³/mol. The summed E-state index contributed by atoms with van der Waals surface area (Å²) in [7, 11) is 0. The van der Waals surface area contributed by atoms with Crippen molar-refractivity contribution in [1.29, 1.82) is 0 Å². The van der Waals surface area contributed by atoms with E-state index in [4.69, 9.17) is 4.98 Å². The van der Waals surface area contributed by atoms with E-state index in [1.807, 2.05) is 18.5 Å². The lowest BCUT2D eigenvalue weighted by Gasteiger charge is -2.29. The first-order chi connectivity index (χ1) is 14.7. The van der Waals surface area contributed by atoms with Crippen molar-refractivity contribution in [3.8, 4) is 0 Å². The third-order valence-electron chi connectivity index (χ3n) is 5.92. The van der Waals surface area contributed by atoms with Crippen LogP contribution in [-0.2, 0) is 6.54 Å². The van der Waals surface area contributed by atoms with Crippen LogP contribution in [0.25, 0.3) is 11.0 Å². The summed E-state index contributed by atoms with van der Waals surface area (Å²) in [4.78, 5) is 16.3. The Balaban J connectivity index is 1.38. The van der Waals surface area contributed by atoms with Crippen molar-refractivity contribution in [2.45, 2.75) is 32.9 Å². The molecule has 8 heteroatoms. The first kappa shape index (κ1) is 19.3. The van der Waals surface area contributed by atoms with E-state index >= 15 is 0 Å². The maximum Gasteiger partial charge on any atom is 0.230 e. The number of nitrogens with one attached hydrogen (secondary N) is 3. The maximum atomic E-state index is 4.87. The molecule has 5 heterocycles. The number of fused-ring (bicyclic) bond motifs is 3. The quantitative estimate of drug-likeness (QED) is 0.601. The lowest BCUT2D eigenvalue weighted by Crippen LogP contribution is -2.43. The van der Waals surface area contributed by atoms with Gasteiger partial charge in [0.2, 0.25) is 5.95 Å². The van der Waals surface area contributed by atoms with Crippen LogP contribution in [0.5, 0.6) is 0 Å². The van der Waals surface area contributed by atoms with Gasteiger partial charge in [0.15, 0.2) is 0 Å². The van der Waals surface area contributed by atoms with Crippen LogP contribution in [0.4, 0.5) is 17.5 Å². The van der Waals surface area contributed by atoms with E-state index in [2.05, 4.69) is 61.4 Å². The fourth-order valence-corrected chi connectivity index (χ4v) is 4.54. The monoisotopic (exact) mass is 406 g/mol. The van der Waals surface area contributed by atoms with Gasteiger partial charge < -0.3 is 25.4 Å². The molecule has 30 heavy (non-hydrogen) atoms. The molecule has 3 N–H and O–H groups in total. The fourth-order valence-electron chi connectivity index (χ4n) is 4.54. The molecule has 5 rings (SSSR count). The maximum absolute atomic E-state index is 4.87. The van der Waals surface area contributed by atoms with Crippen molar-refractivity contribution in [3.63, 3.8) is 0 Å². The highest BCUT2D eigenvalue weighted by Gasteiger charge is 2.24. The molecule has 0 saturated carbocycles. The van der Waals surface area contributed by atoms with E-state index in [-0.39, 0.29) is 0 Å². The van der Waals surface area contributed by atoms with Crippen molar-refractivity contribution < 1.29 is 0 Å². The zero-order chi connectivity index (χ0) is 20.5. The predicted octanol–water partition coefficient (Wildman–Crippen LogP) is 2.67. The molecule has 2 aliphatic heterocycles. The zero-order valence-corrected chi connectivity index (χ0v) is 17.7. The first-order valence-electron chi connectivity index (χ1n) is 10.9. The van der Waals surface area contributed by atoms with Crippen LogP contribution in [0.3, 0.4) is 0 Å². The second kappa shape index (κ2) is 8.20. The van der Waals surface area contributed by atoms with Gasteiger partial charge in [-0.1, -0.05) is 13.8 Å². The number of hydrogen-bond acceptors (Lipinski definition) is 7. The van der Waals surface area contributed by atoms with Gasteiger partial charge in [-0.15, -0.1) is 0 Å². The second-order valence-corrected chi connectivity index (χ2v) is 8.66. The Labute approximate surface area is 177 Å². The van der Waals surface area contributed by atoms with Gasteiger partial charge in [0, 0.05) is 62.6 Å². The molecule has 0 aliphatic carbocycles. The number of nitrogens with zero attached hydrogens (tertiary/aromatic N) is 5. The summed E-state index contributed by atoms with van der Waals surface area (Å²) < 4.78 is 2.40. The summed E-state index contributed by atoms with van der Waals surface area (Å²) in [6.07, 6.45) is 4.97. The molecule has 1 saturated heterocycles. The number of anilines is 3. The van der Waals surface area contributed by atoms with Crippen molar-refractivity contribution in [3.05, 3.63) is 36.3 Å². The van der Waals surface area contributed by atoms with Gasteiger partial charge in [-0.05, 0) is 30.5 Å². The number of rotatable bonds is 5. The summed E-state index contributed by atoms with van der Waals surface area (Å²) in [5, 5.41) is 11.3. The fraction of sp³-hybridized carbons (Fsp3) is 0.500. The van der Waals surface area contributed by atoms with Gasteiger partial charge in [-0.2, -0.15) is 4.98 Å². The minimum Gasteiger partial charge on any atom is -0.368 e. The average Bonchev–Trinajstić information content (AvgIpc) is 3.13. The molecule has 3 aromatic heterocycles. The number of aromatic nitrogens is 4. The van der Waals surface area contributed by atoms with Crippen molar-refractivity contribution in [2.24, 2.45) is 5.92 Å². The second-order valence-electron chi connectivity index (χ2n) is 8.66. The van der Waals surface area contributed by atoms with Crippen LogP contribution in [-0.4, -0.2) is 52.2 Å². The van der Waals surface area contributed by atoms with Crippen molar-refractivity contribution in [2.75, 3.05) is 42.9 Å². The topological polar surface area (TPSA) is 82.9 Å². The van der Waals surface area contributed by atoms with Gasteiger partial charge in [0.05, 0.1) is 11.9 Å². The van der Waals surface area contributed by atoms with Crippen LogP contribution in [0.1, 0.15) is 32.0 Å². The first-order valence-corrected chi connectivity index (χ1v) is 10.9. The van der Waals surface area contributed by atoms with E-state index < -0.39 is 0 Å². The molecule has 158 valence electrons. The number of piperazine rings is 1. The molecule has 1 fully saturated rings. The van der Waals surface area contributed by atoms with Crippen LogP contribution < -0.4 is 20.9 Å². The van der Waals surface area contributed by atoms with Gasteiger partial charge in [-0.25, -0.2) is 9.97 Å². The van der Waals surface area contributed by atoms with Crippen LogP contribution in [0.2, 0.25) is 0 Å². The molecule has 0 amide bonds. The molecule has 0 bridgehead atoms. The highest BCUT2D eigenvalue weighted by molar-refractivity contribution is 5.78. The number of hydrogen-bond donors (Lipinski definition) is 3. The Hall–Kier alpha value is -2.71. The minimum absolute atomic E-state index is 0.422. The minimum atomic E-state index is 0.422. The van der Waals surface area contributed by atoms with E-state index in [9.17, 15) is 0 Å². The molecule has 1 atom stereocenters. The normalized spacial score (nSPS) is 19.3. The highest BCUT2D eigenvalue weighted by Crippen LogP contribution is 2.29. The molecular formula is C22H30N8. The van der Waals surface area contributed by atoms with Gasteiger partial charge in [0.1, 0.15) is 11.5 Å². The van der Waals surface area contributed by atoms with Gasteiger partial charge >= 0.3 is 0 Å². The Morgan fingerprint density at radius 1 is 1.13 bits per heavy atom. The van der Waals surface area contributed by atoms with E-state index in [1.54, 1.807) is 0 Å². The molecule has 0 spiro atoms. The highest BCUT2D eigenvalue weighted by atomic mass is 15.2. The molecule has 0 radical (unpaired) electrons. The Bertz CT molecular complexity index is 1000. The Morgan fingerprint density at radius 2 is 2.00 bits per heavy atom. The van der Waals surface area contributed by atoms with Crippen LogP contribution in [0, 0.1) is 5.92 Å². The Morgan fingerprint density at radius 3 is 2.77 bits per heavy atom.